The van der Waals surface area contributed by atoms with Crippen LogP contribution in [0.15, 0.2) is 5.16 Å². The molecule has 2 aliphatic heterocycles. The van der Waals surface area contributed by atoms with E-state index < -0.39 is 0 Å². The summed E-state index contributed by atoms with van der Waals surface area (Å²) < 4.78 is 0. The van der Waals surface area contributed by atoms with Gasteiger partial charge in [0.2, 0.25) is 0 Å². The van der Waals surface area contributed by atoms with Gasteiger partial charge >= 0.3 is 0 Å². The topological polar surface area (TPSA) is 61.9 Å². The van der Waals surface area contributed by atoms with Crippen LogP contribution in [0.1, 0.15) is 25.7 Å². The van der Waals surface area contributed by atoms with Crippen molar-refractivity contribution in [2.75, 3.05) is 13.1 Å². The Labute approximate surface area is 78.4 Å². The highest BCUT2D eigenvalue weighted by Crippen LogP contribution is 2.30. The van der Waals surface area contributed by atoms with E-state index >= 15 is 0 Å². The molecule has 4 heteroatoms. The van der Waals surface area contributed by atoms with E-state index in [1.54, 1.807) is 0 Å². The Morgan fingerprint density at radius 2 is 2.31 bits per heavy atom. The van der Waals surface area contributed by atoms with E-state index in [4.69, 9.17) is 10.9 Å². The monoisotopic (exact) mass is 183 g/mol. The summed E-state index contributed by atoms with van der Waals surface area (Å²) in [6.07, 6.45) is 5.01. The number of piperidine rings is 1. The van der Waals surface area contributed by atoms with Crippen molar-refractivity contribution in [3.8, 4) is 0 Å². The maximum absolute atomic E-state index is 8.57. The molecule has 13 heavy (non-hydrogen) atoms. The van der Waals surface area contributed by atoms with Gasteiger partial charge in [0.05, 0.1) is 0 Å². The third-order valence-electron chi connectivity index (χ3n) is 3.29. The van der Waals surface area contributed by atoms with Gasteiger partial charge in [-0.2, -0.15) is 0 Å². The van der Waals surface area contributed by atoms with Gasteiger partial charge in [-0.15, -0.1) is 0 Å². The van der Waals surface area contributed by atoms with Crippen molar-refractivity contribution in [3.05, 3.63) is 0 Å². The van der Waals surface area contributed by atoms with Crippen molar-refractivity contribution in [1.82, 2.24) is 4.90 Å². The lowest BCUT2D eigenvalue weighted by Gasteiger charge is -2.28. The van der Waals surface area contributed by atoms with Gasteiger partial charge in [-0.05, 0) is 25.8 Å². The predicted molar refractivity (Wildman–Crippen MR) is 50.7 cm³/mol. The summed E-state index contributed by atoms with van der Waals surface area (Å²) in [5.74, 6) is 0.697. The summed E-state index contributed by atoms with van der Waals surface area (Å²) in [4.78, 5) is 2.48. The fraction of sp³-hybridized carbons (Fsp3) is 0.889. The molecular formula is C9H17N3O. The highest BCUT2D eigenvalue weighted by molar-refractivity contribution is 5.82. The van der Waals surface area contributed by atoms with Crippen LogP contribution in [0.4, 0.5) is 0 Å². The van der Waals surface area contributed by atoms with Gasteiger partial charge in [-0.3, -0.25) is 4.90 Å². The van der Waals surface area contributed by atoms with E-state index in [0.29, 0.717) is 11.9 Å². The van der Waals surface area contributed by atoms with Crippen LogP contribution in [0.25, 0.3) is 0 Å². The second kappa shape index (κ2) is 3.54. The van der Waals surface area contributed by atoms with Crippen molar-refractivity contribution in [3.63, 3.8) is 0 Å². The quantitative estimate of drug-likeness (QED) is 0.271. The Morgan fingerprint density at radius 1 is 1.46 bits per heavy atom. The van der Waals surface area contributed by atoms with Gasteiger partial charge < -0.3 is 10.9 Å². The summed E-state index contributed by atoms with van der Waals surface area (Å²) in [5, 5.41) is 11.7. The van der Waals surface area contributed by atoms with Crippen LogP contribution >= 0.6 is 0 Å². The minimum Gasteiger partial charge on any atom is -0.409 e. The molecule has 0 bridgehead atoms. The Hall–Kier alpha value is -0.770. The normalized spacial score (nSPS) is 36.2. The zero-order valence-corrected chi connectivity index (χ0v) is 7.82. The first-order valence-electron chi connectivity index (χ1n) is 5.02. The minimum absolute atomic E-state index is 0.285. The van der Waals surface area contributed by atoms with E-state index in [-0.39, 0.29) is 5.92 Å². The largest absolute Gasteiger partial charge is 0.409 e. The first-order chi connectivity index (χ1) is 6.31. The minimum atomic E-state index is 0.285. The van der Waals surface area contributed by atoms with Gasteiger partial charge in [0, 0.05) is 18.5 Å². The molecule has 0 amide bonds. The smallest absolute Gasteiger partial charge is 0.143 e. The number of hydrogen-bond donors (Lipinski definition) is 2. The van der Waals surface area contributed by atoms with Crippen LogP contribution in [-0.4, -0.2) is 35.1 Å². The maximum atomic E-state index is 8.57. The molecule has 0 saturated carbocycles. The average molecular weight is 183 g/mol. The van der Waals surface area contributed by atoms with Crippen molar-refractivity contribution in [2.45, 2.75) is 31.7 Å². The Morgan fingerprint density at radius 3 is 3.00 bits per heavy atom. The van der Waals surface area contributed by atoms with Crippen LogP contribution < -0.4 is 5.73 Å². The molecular weight excluding hydrogens is 166 g/mol. The number of rotatable bonds is 1. The molecule has 2 rings (SSSR count). The highest BCUT2D eigenvalue weighted by atomic mass is 16.4. The first kappa shape index (κ1) is 8.81. The Bertz CT molecular complexity index is 203. The van der Waals surface area contributed by atoms with Gasteiger partial charge in [-0.25, -0.2) is 0 Å². The number of fused-ring (bicyclic) bond motifs is 1. The molecule has 0 aromatic carbocycles. The van der Waals surface area contributed by atoms with E-state index in [2.05, 4.69) is 10.1 Å². The molecule has 2 aliphatic rings. The molecule has 0 aliphatic carbocycles. The summed E-state index contributed by atoms with van der Waals surface area (Å²) >= 11 is 0. The SMILES string of the molecule is N/C(=N/O)[C@H]1C[C@H]2CCCCN2C1. The lowest BCUT2D eigenvalue weighted by molar-refractivity contribution is 0.197. The van der Waals surface area contributed by atoms with Crippen LogP contribution in [0.2, 0.25) is 0 Å². The van der Waals surface area contributed by atoms with Gasteiger partial charge in [0.15, 0.2) is 0 Å². The summed E-state index contributed by atoms with van der Waals surface area (Å²) in [6, 6.07) is 0.694. The van der Waals surface area contributed by atoms with Crippen molar-refractivity contribution >= 4 is 5.84 Å². The molecule has 2 atom stereocenters. The highest BCUT2D eigenvalue weighted by Gasteiger charge is 2.35. The van der Waals surface area contributed by atoms with E-state index in [9.17, 15) is 0 Å². The molecule has 0 radical (unpaired) electrons. The van der Waals surface area contributed by atoms with Crippen molar-refractivity contribution in [1.29, 1.82) is 0 Å². The average Bonchev–Trinajstić information content (AvgIpc) is 2.59. The molecule has 74 valence electrons. The molecule has 0 aromatic rings. The molecule has 4 nitrogen and oxygen atoms in total. The molecule has 3 N–H and O–H groups in total. The third-order valence-corrected chi connectivity index (χ3v) is 3.29. The van der Waals surface area contributed by atoms with Crippen LogP contribution in [0, 0.1) is 5.92 Å². The second-order valence-electron chi connectivity index (χ2n) is 4.10. The molecule has 2 saturated heterocycles. The summed E-state index contributed by atoms with van der Waals surface area (Å²) in [6.45, 7) is 2.18. The Balaban J connectivity index is 1.98. The van der Waals surface area contributed by atoms with Gasteiger partial charge in [-0.1, -0.05) is 11.6 Å². The Kier molecular flexibility index (Phi) is 2.40. The lowest BCUT2D eigenvalue weighted by atomic mass is 9.99. The zero-order chi connectivity index (χ0) is 9.26. The van der Waals surface area contributed by atoms with E-state index in [1.165, 1.54) is 25.8 Å². The van der Waals surface area contributed by atoms with E-state index in [1.807, 2.05) is 0 Å². The number of amidine groups is 1. The first-order valence-corrected chi connectivity index (χ1v) is 5.02. The molecule has 2 fully saturated rings. The van der Waals surface area contributed by atoms with Crippen molar-refractivity contribution < 1.29 is 5.21 Å². The zero-order valence-electron chi connectivity index (χ0n) is 7.82. The fourth-order valence-corrected chi connectivity index (χ4v) is 2.55. The number of nitrogens with zero attached hydrogens (tertiary/aromatic N) is 2. The van der Waals surface area contributed by atoms with E-state index in [0.717, 1.165) is 13.0 Å². The van der Waals surface area contributed by atoms with Crippen LogP contribution in [0.5, 0.6) is 0 Å². The van der Waals surface area contributed by atoms with Gasteiger partial charge in [0.25, 0.3) is 0 Å². The predicted octanol–water partition coefficient (Wildman–Crippen LogP) is 0.607. The summed E-state index contributed by atoms with van der Waals surface area (Å²) in [7, 11) is 0. The van der Waals surface area contributed by atoms with Crippen LogP contribution in [0.3, 0.4) is 0 Å². The number of hydrogen-bond acceptors (Lipinski definition) is 3. The third kappa shape index (κ3) is 1.63. The van der Waals surface area contributed by atoms with Crippen molar-refractivity contribution in [2.24, 2.45) is 16.8 Å². The van der Waals surface area contributed by atoms with Crippen LogP contribution in [-0.2, 0) is 0 Å². The number of nitrogens with two attached hydrogens (primary N) is 1. The second-order valence-corrected chi connectivity index (χ2v) is 4.10. The molecule has 2 heterocycles. The molecule has 0 unspecified atom stereocenters. The van der Waals surface area contributed by atoms with Gasteiger partial charge in [0.1, 0.15) is 5.84 Å². The number of oxime groups is 1. The standard InChI is InChI=1S/C9H17N3O/c10-9(11-13)7-5-8-3-1-2-4-12(8)6-7/h7-8,13H,1-6H2,(H2,10,11)/t7-,8+/m0/s1. The lowest BCUT2D eigenvalue weighted by Crippen LogP contribution is -2.34. The maximum Gasteiger partial charge on any atom is 0.143 e. The molecule has 0 aromatic heterocycles. The molecule has 0 spiro atoms. The summed E-state index contributed by atoms with van der Waals surface area (Å²) in [5.41, 5.74) is 5.61. The fourth-order valence-electron chi connectivity index (χ4n) is 2.55.